The first-order valence-electron chi connectivity index (χ1n) is 6.85. The maximum atomic E-state index is 4.62. The number of halogens is 2. The first-order chi connectivity index (χ1) is 8.58. The van der Waals surface area contributed by atoms with Gasteiger partial charge in [-0.05, 0) is 65.3 Å². The standard InChI is InChI=1S/C14H20Br2N2/c1-3-11-13(16)12(18(2)17-11)7-14(8-15)5-9-4-10(9)6-14/h9-10H,3-8H2,1-2H3. The molecule has 0 saturated heterocycles. The van der Waals surface area contributed by atoms with Crippen molar-refractivity contribution >= 4 is 31.9 Å². The number of hydrogen-bond donors (Lipinski definition) is 0. The minimum Gasteiger partial charge on any atom is -0.271 e. The molecule has 2 nitrogen and oxygen atoms in total. The van der Waals surface area contributed by atoms with Crippen molar-refractivity contribution in [1.29, 1.82) is 0 Å². The third kappa shape index (κ3) is 2.09. The van der Waals surface area contributed by atoms with E-state index in [0.29, 0.717) is 5.41 Å². The topological polar surface area (TPSA) is 17.8 Å². The molecule has 2 saturated carbocycles. The molecule has 0 amide bonds. The van der Waals surface area contributed by atoms with Gasteiger partial charge in [-0.1, -0.05) is 22.9 Å². The van der Waals surface area contributed by atoms with Crippen LogP contribution in [0.15, 0.2) is 4.47 Å². The van der Waals surface area contributed by atoms with Gasteiger partial charge in [-0.2, -0.15) is 5.10 Å². The van der Waals surface area contributed by atoms with E-state index in [2.05, 4.69) is 55.6 Å². The van der Waals surface area contributed by atoms with Gasteiger partial charge in [-0.15, -0.1) is 0 Å². The van der Waals surface area contributed by atoms with Crippen LogP contribution in [0.3, 0.4) is 0 Å². The van der Waals surface area contributed by atoms with Gasteiger partial charge in [0.25, 0.3) is 0 Å². The van der Waals surface area contributed by atoms with Crippen molar-refractivity contribution in [1.82, 2.24) is 9.78 Å². The molecule has 1 heterocycles. The molecule has 0 bridgehead atoms. The second kappa shape index (κ2) is 4.62. The Morgan fingerprint density at radius 2 is 2.06 bits per heavy atom. The predicted octanol–water partition coefficient (Wildman–Crippen LogP) is 4.10. The summed E-state index contributed by atoms with van der Waals surface area (Å²) in [5.41, 5.74) is 3.06. The van der Waals surface area contributed by atoms with Crippen molar-refractivity contribution in [3.05, 3.63) is 15.9 Å². The fourth-order valence-electron chi connectivity index (χ4n) is 3.67. The average Bonchev–Trinajstić information content (AvgIpc) is 2.90. The zero-order valence-corrected chi connectivity index (χ0v) is 14.2. The van der Waals surface area contributed by atoms with Crippen molar-refractivity contribution in [3.8, 4) is 0 Å². The van der Waals surface area contributed by atoms with Crippen LogP contribution in [0.25, 0.3) is 0 Å². The van der Waals surface area contributed by atoms with Gasteiger partial charge in [0.1, 0.15) is 0 Å². The highest BCUT2D eigenvalue weighted by molar-refractivity contribution is 9.10. The van der Waals surface area contributed by atoms with Crippen LogP contribution in [0.1, 0.15) is 37.6 Å². The fourth-order valence-corrected chi connectivity index (χ4v) is 5.09. The Kier molecular flexibility index (Phi) is 3.38. The molecule has 4 heteroatoms. The monoisotopic (exact) mass is 374 g/mol. The van der Waals surface area contributed by atoms with Gasteiger partial charge in [0, 0.05) is 12.4 Å². The molecule has 2 atom stereocenters. The molecular weight excluding hydrogens is 356 g/mol. The number of aromatic nitrogens is 2. The minimum absolute atomic E-state index is 0.481. The van der Waals surface area contributed by atoms with E-state index >= 15 is 0 Å². The van der Waals surface area contributed by atoms with E-state index in [4.69, 9.17) is 0 Å². The maximum absolute atomic E-state index is 4.62. The molecule has 2 aliphatic carbocycles. The molecule has 100 valence electrons. The Bertz CT molecular complexity index is 457. The predicted molar refractivity (Wildman–Crippen MR) is 81.0 cm³/mol. The summed E-state index contributed by atoms with van der Waals surface area (Å²) in [6, 6.07) is 0. The Labute approximate surface area is 126 Å². The van der Waals surface area contributed by atoms with Gasteiger partial charge in [-0.25, -0.2) is 0 Å². The average molecular weight is 376 g/mol. The van der Waals surface area contributed by atoms with Crippen molar-refractivity contribution in [2.75, 3.05) is 5.33 Å². The minimum atomic E-state index is 0.481. The largest absolute Gasteiger partial charge is 0.271 e. The summed E-state index contributed by atoms with van der Waals surface area (Å²) in [7, 11) is 2.08. The number of aryl methyl sites for hydroxylation is 2. The molecule has 0 N–H and O–H groups in total. The number of nitrogens with zero attached hydrogens (tertiary/aromatic N) is 2. The lowest BCUT2D eigenvalue weighted by Gasteiger charge is -2.28. The molecule has 2 fully saturated rings. The molecule has 3 rings (SSSR count). The lowest BCUT2D eigenvalue weighted by atomic mass is 9.80. The highest BCUT2D eigenvalue weighted by atomic mass is 79.9. The van der Waals surface area contributed by atoms with Crippen LogP contribution in [0.5, 0.6) is 0 Å². The van der Waals surface area contributed by atoms with Crippen molar-refractivity contribution < 1.29 is 0 Å². The molecule has 1 aromatic heterocycles. The highest BCUT2D eigenvalue weighted by Crippen LogP contribution is 2.61. The summed E-state index contributed by atoms with van der Waals surface area (Å²) >= 11 is 7.52. The molecule has 0 spiro atoms. The van der Waals surface area contributed by atoms with Gasteiger partial charge in [-0.3, -0.25) is 4.68 Å². The molecule has 1 aromatic rings. The zero-order chi connectivity index (χ0) is 12.9. The van der Waals surface area contributed by atoms with E-state index < -0.39 is 0 Å². The van der Waals surface area contributed by atoms with E-state index in [1.165, 1.54) is 35.1 Å². The summed E-state index contributed by atoms with van der Waals surface area (Å²) in [6.45, 7) is 2.17. The van der Waals surface area contributed by atoms with Crippen LogP contribution in [0.2, 0.25) is 0 Å². The van der Waals surface area contributed by atoms with Crippen LogP contribution in [0.4, 0.5) is 0 Å². The van der Waals surface area contributed by atoms with Gasteiger partial charge in [0.2, 0.25) is 0 Å². The first-order valence-corrected chi connectivity index (χ1v) is 8.76. The van der Waals surface area contributed by atoms with Crippen LogP contribution in [0, 0.1) is 17.3 Å². The quantitative estimate of drug-likeness (QED) is 0.724. The summed E-state index contributed by atoms with van der Waals surface area (Å²) in [5, 5.41) is 5.75. The molecule has 2 aliphatic rings. The molecule has 0 radical (unpaired) electrons. The van der Waals surface area contributed by atoms with E-state index in [9.17, 15) is 0 Å². The number of fused-ring (bicyclic) bond motifs is 1. The van der Waals surface area contributed by atoms with E-state index in [1.807, 2.05) is 0 Å². The van der Waals surface area contributed by atoms with Gasteiger partial charge < -0.3 is 0 Å². The van der Waals surface area contributed by atoms with E-state index in [-0.39, 0.29) is 0 Å². The summed E-state index contributed by atoms with van der Waals surface area (Å²) in [4.78, 5) is 0. The summed E-state index contributed by atoms with van der Waals surface area (Å²) in [5.74, 6) is 2.06. The number of alkyl halides is 1. The summed E-state index contributed by atoms with van der Waals surface area (Å²) in [6.07, 6.45) is 6.46. The van der Waals surface area contributed by atoms with Crippen LogP contribution in [-0.2, 0) is 19.9 Å². The zero-order valence-electron chi connectivity index (χ0n) is 11.0. The fraction of sp³-hybridized carbons (Fsp3) is 0.786. The van der Waals surface area contributed by atoms with E-state index in [0.717, 1.165) is 30.0 Å². The SMILES string of the molecule is CCc1nn(C)c(CC2(CBr)CC3CC3C2)c1Br. The van der Waals surface area contributed by atoms with Gasteiger partial charge >= 0.3 is 0 Å². The molecule has 2 unspecified atom stereocenters. The normalized spacial score (nSPS) is 33.8. The molecule has 0 aromatic carbocycles. The third-order valence-corrected chi connectivity index (χ3v) is 6.89. The maximum Gasteiger partial charge on any atom is 0.0766 e. The first kappa shape index (κ1) is 13.2. The second-order valence-corrected chi connectivity index (χ2v) is 7.51. The molecule has 18 heavy (non-hydrogen) atoms. The Morgan fingerprint density at radius 3 is 2.56 bits per heavy atom. The smallest absolute Gasteiger partial charge is 0.0766 e. The summed E-state index contributed by atoms with van der Waals surface area (Å²) < 4.78 is 3.32. The van der Waals surface area contributed by atoms with Crippen molar-refractivity contribution in [2.45, 2.75) is 39.0 Å². The van der Waals surface area contributed by atoms with E-state index in [1.54, 1.807) is 0 Å². The molecule has 0 aliphatic heterocycles. The number of hydrogen-bond acceptors (Lipinski definition) is 1. The van der Waals surface area contributed by atoms with Crippen LogP contribution < -0.4 is 0 Å². The second-order valence-electron chi connectivity index (χ2n) is 6.16. The van der Waals surface area contributed by atoms with Crippen LogP contribution in [-0.4, -0.2) is 15.1 Å². The lowest BCUT2D eigenvalue weighted by Crippen LogP contribution is -2.25. The lowest BCUT2D eigenvalue weighted by molar-refractivity contribution is 0.300. The Morgan fingerprint density at radius 1 is 1.39 bits per heavy atom. The Balaban J connectivity index is 1.85. The van der Waals surface area contributed by atoms with Gasteiger partial charge in [0.05, 0.1) is 15.9 Å². The Hall–Kier alpha value is 0.170. The molecular formula is C14H20Br2N2. The van der Waals surface area contributed by atoms with Crippen molar-refractivity contribution in [3.63, 3.8) is 0 Å². The third-order valence-electron chi connectivity index (χ3n) is 4.79. The highest BCUT2D eigenvalue weighted by Gasteiger charge is 2.53. The van der Waals surface area contributed by atoms with Crippen LogP contribution >= 0.6 is 31.9 Å². The van der Waals surface area contributed by atoms with Gasteiger partial charge in [0.15, 0.2) is 0 Å². The number of rotatable bonds is 4. The van der Waals surface area contributed by atoms with Crippen molar-refractivity contribution in [2.24, 2.45) is 24.3 Å².